The number of anilines is 4. The van der Waals surface area contributed by atoms with Crippen LogP contribution in [0.4, 0.5) is 23.1 Å². The topological polar surface area (TPSA) is 79.4 Å². The van der Waals surface area contributed by atoms with Crippen LogP contribution in [0.2, 0.25) is 5.02 Å². The lowest BCUT2D eigenvalue weighted by Crippen LogP contribution is -2.36. The van der Waals surface area contributed by atoms with Crippen LogP contribution in [0.5, 0.6) is 0 Å². The molecule has 0 aliphatic carbocycles. The minimum atomic E-state index is -0.251. The number of carbonyl (C=O) groups excluding carboxylic acids is 1. The fourth-order valence-electron chi connectivity index (χ4n) is 3.17. The molecular formula is C22H22ClN5O2. The lowest BCUT2D eigenvalue weighted by atomic mass is 10.2. The number of aromatic nitrogens is 2. The third kappa shape index (κ3) is 4.87. The molecule has 1 aliphatic heterocycles. The first-order chi connectivity index (χ1) is 14.6. The number of morpholine rings is 1. The van der Waals surface area contributed by atoms with Crippen molar-refractivity contribution in [1.29, 1.82) is 0 Å². The molecule has 1 aliphatic rings. The van der Waals surface area contributed by atoms with Crippen LogP contribution < -0.4 is 15.5 Å². The summed E-state index contributed by atoms with van der Waals surface area (Å²) < 4.78 is 5.41. The Bertz CT molecular complexity index is 1040. The van der Waals surface area contributed by atoms with Crippen LogP contribution in [-0.2, 0) is 4.74 Å². The van der Waals surface area contributed by atoms with Gasteiger partial charge in [-0.3, -0.25) is 4.79 Å². The molecule has 1 fully saturated rings. The first-order valence-electron chi connectivity index (χ1n) is 9.70. The van der Waals surface area contributed by atoms with Crippen molar-refractivity contribution in [1.82, 2.24) is 9.97 Å². The summed E-state index contributed by atoms with van der Waals surface area (Å²) in [6.07, 6.45) is 0. The predicted octanol–water partition coefficient (Wildman–Crippen LogP) is 4.27. The molecule has 0 atom stereocenters. The maximum Gasteiger partial charge on any atom is 0.257 e. The standard InChI is InChI=1S/C22H22ClN5O2/c1-15-14-20(28-10-12-30-13-11-28)27-22(24-15)26-17-8-6-16(7-9-17)25-21(29)18-4-2-3-5-19(18)23/h2-9,14H,10-13H2,1H3,(H,25,29)(H,24,26,27). The van der Waals surface area contributed by atoms with Crippen molar-refractivity contribution >= 4 is 40.6 Å². The van der Waals surface area contributed by atoms with Crippen LogP contribution in [0.15, 0.2) is 54.6 Å². The van der Waals surface area contributed by atoms with Gasteiger partial charge in [0, 0.05) is 36.2 Å². The van der Waals surface area contributed by atoms with Gasteiger partial charge in [0.15, 0.2) is 0 Å². The number of halogens is 1. The number of benzene rings is 2. The molecule has 0 radical (unpaired) electrons. The minimum Gasteiger partial charge on any atom is -0.378 e. The molecule has 30 heavy (non-hydrogen) atoms. The molecule has 154 valence electrons. The van der Waals surface area contributed by atoms with E-state index in [9.17, 15) is 4.79 Å². The Labute approximate surface area is 180 Å². The van der Waals surface area contributed by atoms with E-state index in [2.05, 4.69) is 25.5 Å². The van der Waals surface area contributed by atoms with Gasteiger partial charge in [-0.1, -0.05) is 23.7 Å². The highest BCUT2D eigenvalue weighted by Crippen LogP contribution is 2.22. The molecule has 0 spiro atoms. The Morgan fingerprint density at radius 3 is 2.47 bits per heavy atom. The normalized spacial score (nSPS) is 13.7. The summed E-state index contributed by atoms with van der Waals surface area (Å²) in [4.78, 5) is 23.7. The van der Waals surface area contributed by atoms with Gasteiger partial charge in [-0.2, -0.15) is 4.98 Å². The molecule has 0 bridgehead atoms. The van der Waals surface area contributed by atoms with Crippen LogP contribution in [0.3, 0.4) is 0 Å². The number of amides is 1. The minimum absolute atomic E-state index is 0.251. The summed E-state index contributed by atoms with van der Waals surface area (Å²) in [5.41, 5.74) is 2.82. The van der Waals surface area contributed by atoms with Gasteiger partial charge in [-0.25, -0.2) is 4.98 Å². The molecule has 2 aromatic carbocycles. The number of nitrogens with one attached hydrogen (secondary N) is 2. The van der Waals surface area contributed by atoms with Crippen molar-refractivity contribution in [2.45, 2.75) is 6.92 Å². The zero-order valence-corrected chi connectivity index (χ0v) is 17.3. The van der Waals surface area contributed by atoms with Crippen molar-refractivity contribution in [3.05, 3.63) is 70.9 Å². The summed E-state index contributed by atoms with van der Waals surface area (Å²) in [6, 6.07) is 16.3. The van der Waals surface area contributed by atoms with E-state index >= 15 is 0 Å². The van der Waals surface area contributed by atoms with E-state index in [1.54, 1.807) is 24.3 Å². The van der Waals surface area contributed by atoms with Gasteiger partial charge in [-0.15, -0.1) is 0 Å². The SMILES string of the molecule is Cc1cc(N2CCOCC2)nc(Nc2ccc(NC(=O)c3ccccc3Cl)cc2)n1. The fraction of sp³-hybridized carbons (Fsp3) is 0.227. The molecule has 0 saturated carbocycles. The number of aryl methyl sites for hydroxylation is 1. The van der Waals surface area contributed by atoms with Crippen molar-refractivity contribution in [3.8, 4) is 0 Å². The first-order valence-corrected chi connectivity index (χ1v) is 10.1. The zero-order valence-electron chi connectivity index (χ0n) is 16.6. The molecule has 2 N–H and O–H groups in total. The highest BCUT2D eigenvalue weighted by Gasteiger charge is 2.14. The largest absolute Gasteiger partial charge is 0.378 e. The van der Waals surface area contributed by atoms with Crippen LogP contribution in [0, 0.1) is 6.92 Å². The van der Waals surface area contributed by atoms with Gasteiger partial charge in [-0.05, 0) is 43.3 Å². The van der Waals surface area contributed by atoms with Crippen molar-refractivity contribution in [2.24, 2.45) is 0 Å². The van der Waals surface area contributed by atoms with Crippen LogP contribution in [-0.4, -0.2) is 42.2 Å². The Hall–Kier alpha value is -3.16. The first kappa shape index (κ1) is 20.1. The van der Waals surface area contributed by atoms with Crippen LogP contribution >= 0.6 is 11.6 Å². The third-order valence-electron chi connectivity index (χ3n) is 4.69. The molecule has 4 rings (SSSR count). The lowest BCUT2D eigenvalue weighted by Gasteiger charge is -2.28. The zero-order chi connectivity index (χ0) is 20.9. The highest BCUT2D eigenvalue weighted by atomic mass is 35.5. The molecule has 1 saturated heterocycles. The van der Waals surface area contributed by atoms with E-state index in [1.165, 1.54) is 0 Å². The van der Waals surface area contributed by atoms with E-state index in [1.807, 2.05) is 37.3 Å². The summed E-state index contributed by atoms with van der Waals surface area (Å²) in [5, 5.41) is 6.50. The Balaban J connectivity index is 1.44. The maximum atomic E-state index is 12.4. The second kappa shape index (κ2) is 9.11. The molecule has 0 unspecified atom stereocenters. The number of hydrogen-bond donors (Lipinski definition) is 2. The van der Waals surface area contributed by atoms with Gasteiger partial charge < -0.3 is 20.3 Å². The fourth-order valence-corrected chi connectivity index (χ4v) is 3.39. The average molecular weight is 424 g/mol. The van der Waals surface area contributed by atoms with Crippen LogP contribution in [0.25, 0.3) is 0 Å². The number of nitrogens with zero attached hydrogens (tertiary/aromatic N) is 3. The van der Waals surface area contributed by atoms with Crippen molar-refractivity contribution < 1.29 is 9.53 Å². The van der Waals surface area contributed by atoms with E-state index in [-0.39, 0.29) is 5.91 Å². The number of ether oxygens (including phenoxy) is 1. The molecule has 2 heterocycles. The van der Waals surface area contributed by atoms with E-state index in [0.29, 0.717) is 35.4 Å². The maximum absolute atomic E-state index is 12.4. The van der Waals surface area contributed by atoms with Crippen molar-refractivity contribution in [2.75, 3.05) is 41.8 Å². The number of hydrogen-bond acceptors (Lipinski definition) is 6. The smallest absolute Gasteiger partial charge is 0.257 e. The quantitative estimate of drug-likeness (QED) is 0.638. The highest BCUT2D eigenvalue weighted by molar-refractivity contribution is 6.34. The lowest BCUT2D eigenvalue weighted by molar-refractivity contribution is 0.102. The Morgan fingerprint density at radius 2 is 1.73 bits per heavy atom. The van der Waals surface area contributed by atoms with E-state index < -0.39 is 0 Å². The monoisotopic (exact) mass is 423 g/mol. The van der Waals surface area contributed by atoms with Crippen LogP contribution in [0.1, 0.15) is 16.1 Å². The van der Waals surface area contributed by atoms with E-state index in [4.69, 9.17) is 16.3 Å². The molecule has 8 heteroatoms. The second-order valence-electron chi connectivity index (χ2n) is 6.93. The molecule has 1 amide bonds. The summed E-state index contributed by atoms with van der Waals surface area (Å²) in [7, 11) is 0. The van der Waals surface area contributed by atoms with Gasteiger partial charge in [0.2, 0.25) is 5.95 Å². The predicted molar refractivity (Wildman–Crippen MR) is 119 cm³/mol. The summed E-state index contributed by atoms with van der Waals surface area (Å²) >= 11 is 6.09. The third-order valence-corrected chi connectivity index (χ3v) is 5.02. The number of carbonyl (C=O) groups is 1. The Kier molecular flexibility index (Phi) is 6.11. The van der Waals surface area contributed by atoms with E-state index in [0.717, 1.165) is 30.3 Å². The summed E-state index contributed by atoms with van der Waals surface area (Å²) in [6.45, 7) is 4.98. The van der Waals surface area contributed by atoms with Gasteiger partial charge >= 0.3 is 0 Å². The summed E-state index contributed by atoms with van der Waals surface area (Å²) in [5.74, 6) is 1.17. The van der Waals surface area contributed by atoms with Gasteiger partial charge in [0.1, 0.15) is 5.82 Å². The molecule has 3 aromatic rings. The van der Waals surface area contributed by atoms with Gasteiger partial charge in [0.05, 0.1) is 23.8 Å². The second-order valence-corrected chi connectivity index (χ2v) is 7.33. The molecular weight excluding hydrogens is 402 g/mol. The Morgan fingerprint density at radius 1 is 1.03 bits per heavy atom. The average Bonchev–Trinajstić information content (AvgIpc) is 2.75. The van der Waals surface area contributed by atoms with Gasteiger partial charge in [0.25, 0.3) is 5.91 Å². The van der Waals surface area contributed by atoms with Crippen molar-refractivity contribution in [3.63, 3.8) is 0 Å². The molecule has 1 aromatic heterocycles. The molecule has 7 nitrogen and oxygen atoms in total. The number of rotatable bonds is 5.